The normalized spacial score (nSPS) is 10.1. The third-order valence-electron chi connectivity index (χ3n) is 4.51. The van der Waals surface area contributed by atoms with Crippen LogP contribution in [0.25, 0.3) is 0 Å². The van der Waals surface area contributed by atoms with Crippen LogP contribution in [0, 0.1) is 10.1 Å². The van der Waals surface area contributed by atoms with Crippen molar-refractivity contribution in [3.8, 4) is 17.2 Å². The number of non-ortho nitro benzene ring substituents is 1. The Morgan fingerprint density at radius 1 is 0.909 bits per heavy atom. The molecule has 2 N–H and O–H groups in total. The van der Waals surface area contributed by atoms with E-state index in [0.717, 1.165) is 0 Å². The lowest BCUT2D eigenvalue weighted by Crippen LogP contribution is -2.22. The fraction of sp³-hybridized carbons (Fsp3) is 0.130. The molecule has 10 heteroatoms. The molecule has 2 amide bonds. The summed E-state index contributed by atoms with van der Waals surface area (Å²) in [4.78, 5) is 35.5. The lowest BCUT2D eigenvalue weighted by atomic mass is 10.2. The summed E-state index contributed by atoms with van der Waals surface area (Å²) < 4.78 is 15.8. The summed E-state index contributed by atoms with van der Waals surface area (Å²) in [6, 6.07) is 17.1. The van der Waals surface area contributed by atoms with Crippen LogP contribution in [0.15, 0.2) is 66.7 Å². The predicted octanol–water partition coefficient (Wildman–Crippen LogP) is 3.88. The van der Waals surface area contributed by atoms with Gasteiger partial charge in [-0.15, -0.1) is 0 Å². The summed E-state index contributed by atoms with van der Waals surface area (Å²) in [5.74, 6) is 0.108. The number of carbonyl (C=O) groups excluding carboxylic acids is 2. The van der Waals surface area contributed by atoms with Gasteiger partial charge in [-0.05, 0) is 42.5 Å². The SMILES string of the molecule is COc1ccc(NC(=O)c2ccccc2OCC(=O)Nc2cc([N+](=O)[O-])ccc2OC)cc1. The smallest absolute Gasteiger partial charge is 0.271 e. The van der Waals surface area contributed by atoms with Gasteiger partial charge < -0.3 is 24.8 Å². The van der Waals surface area contributed by atoms with E-state index >= 15 is 0 Å². The molecule has 0 radical (unpaired) electrons. The van der Waals surface area contributed by atoms with Crippen molar-refractivity contribution in [1.82, 2.24) is 0 Å². The summed E-state index contributed by atoms with van der Waals surface area (Å²) >= 11 is 0. The van der Waals surface area contributed by atoms with E-state index < -0.39 is 23.3 Å². The van der Waals surface area contributed by atoms with E-state index in [1.807, 2.05) is 0 Å². The second kappa shape index (κ2) is 10.6. The third-order valence-corrected chi connectivity index (χ3v) is 4.51. The van der Waals surface area contributed by atoms with Gasteiger partial charge in [-0.2, -0.15) is 0 Å². The Hall–Kier alpha value is -4.60. The lowest BCUT2D eigenvalue weighted by Gasteiger charge is -2.13. The molecule has 0 aliphatic carbocycles. The highest BCUT2D eigenvalue weighted by Gasteiger charge is 2.16. The molecular weight excluding hydrogens is 430 g/mol. The minimum atomic E-state index is -0.584. The average Bonchev–Trinajstić information content (AvgIpc) is 2.83. The Morgan fingerprint density at radius 3 is 2.30 bits per heavy atom. The molecule has 10 nitrogen and oxygen atoms in total. The zero-order valence-corrected chi connectivity index (χ0v) is 17.9. The molecule has 0 bridgehead atoms. The second-order valence-electron chi connectivity index (χ2n) is 6.66. The first kappa shape index (κ1) is 23.1. The second-order valence-corrected chi connectivity index (χ2v) is 6.66. The van der Waals surface area contributed by atoms with Crippen LogP contribution < -0.4 is 24.8 Å². The number of nitrogens with one attached hydrogen (secondary N) is 2. The average molecular weight is 451 g/mol. The minimum Gasteiger partial charge on any atom is -0.497 e. The Bertz CT molecular complexity index is 1160. The molecule has 0 aliphatic heterocycles. The predicted molar refractivity (Wildman–Crippen MR) is 121 cm³/mol. The Kier molecular flexibility index (Phi) is 7.43. The van der Waals surface area contributed by atoms with Crippen molar-refractivity contribution in [2.24, 2.45) is 0 Å². The number of benzene rings is 3. The summed E-state index contributed by atoms with van der Waals surface area (Å²) in [5, 5.41) is 16.3. The fourth-order valence-electron chi connectivity index (χ4n) is 2.89. The molecule has 0 spiro atoms. The number of hydrogen-bond acceptors (Lipinski definition) is 7. The lowest BCUT2D eigenvalue weighted by molar-refractivity contribution is -0.384. The van der Waals surface area contributed by atoms with Crippen LogP contribution in [0.2, 0.25) is 0 Å². The molecule has 3 aromatic carbocycles. The van der Waals surface area contributed by atoms with Crippen LogP contribution in [0.5, 0.6) is 17.2 Å². The number of ether oxygens (including phenoxy) is 3. The van der Waals surface area contributed by atoms with Gasteiger partial charge in [0.25, 0.3) is 17.5 Å². The van der Waals surface area contributed by atoms with Crippen molar-refractivity contribution in [3.05, 3.63) is 82.4 Å². The highest BCUT2D eigenvalue weighted by molar-refractivity contribution is 6.06. The van der Waals surface area contributed by atoms with Gasteiger partial charge in [0.2, 0.25) is 0 Å². The van der Waals surface area contributed by atoms with Crippen molar-refractivity contribution >= 4 is 28.9 Å². The zero-order chi connectivity index (χ0) is 23.8. The highest BCUT2D eigenvalue weighted by Crippen LogP contribution is 2.29. The topological polar surface area (TPSA) is 129 Å². The largest absolute Gasteiger partial charge is 0.497 e. The van der Waals surface area contributed by atoms with Crippen molar-refractivity contribution in [2.45, 2.75) is 0 Å². The van der Waals surface area contributed by atoms with E-state index in [9.17, 15) is 19.7 Å². The van der Waals surface area contributed by atoms with Crippen molar-refractivity contribution < 1.29 is 28.7 Å². The number of hydrogen-bond donors (Lipinski definition) is 2. The van der Waals surface area contributed by atoms with Gasteiger partial charge in [-0.3, -0.25) is 19.7 Å². The van der Waals surface area contributed by atoms with Crippen LogP contribution in [0.3, 0.4) is 0 Å². The molecule has 0 saturated heterocycles. The number of nitro groups is 1. The van der Waals surface area contributed by atoms with Crippen LogP contribution in [0.4, 0.5) is 17.1 Å². The standard InChI is InChI=1S/C23H21N3O7/c1-31-17-10-7-15(8-11-17)24-23(28)18-5-3-4-6-20(18)33-14-22(27)25-19-13-16(26(29)30)9-12-21(19)32-2/h3-13H,14H2,1-2H3,(H,24,28)(H,25,27). The van der Waals surface area contributed by atoms with Gasteiger partial charge in [-0.25, -0.2) is 0 Å². The van der Waals surface area contributed by atoms with Gasteiger partial charge in [-0.1, -0.05) is 12.1 Å². The third kappa shape index (κ3) is 5.97. The first-order valence-electron chi connectivity index (χ1n) is 9.70. The van der Waals surface area contributed by atoms with E-state index in [2.05, 4.69) is 10.6 Å². The Balaban J connectivity index is 1.67. The van der Waals surface area contributed by atoms with Gasteiger partial charge in [0.1, 0.15) is 17.2 Å². The van der Waals surface area contributed by atoms with E-state index in [4.69, 9.17) is 14.2 Å². The number of nitro benzene ring substituents is 1. The van der Waals surface area contributed by atoms with Gasteiger partial charge in [0, 0.05) is 17.8 Å². The highest BCUT2D eigenvalue weighted by atomic mass is 16.6. The number of carbonyl (C=O) groups is 2. The number of rotatable bonds is 9. The van der Waals surface area contributed by atoms with E-state index in [0.29, 0.717) is 11.4 Å². The van der Waals surface area contributed by atoms with Crippen molar-refractivity contribution in [2.75, 3.05) is 31.5 Å². The maximum atomic E-state index is 12.7. The van der Waals surface area contributed by atoms with Crippen LogP contribution >= 0.6 is 0 Å². The number of nitrogens with zero attached hydrogens (tertiary/aromatic N) is 1. The van der Waals surface area contributed by atoms with Crippen molar-refractivity contribution in [1.29, 1.82) is 0 Å². The molecule has 0 aliphatic rings. The first-order valence-corrected chi connectivity index (χ1v) is 9.70. The molecule has 33 heavy (non-hydrogen) atoms. The maximum Gasteiger partial charge on any atom is 0.271 e. The summed E-state index contributed by atoms with van der Waals surface area (Å²) in [6.45, 7) is -0.432. The molecule has 0 atom stereocenters. The van der Waals surface area contributed by atoms with E-state index in [1.54, 1.807) is 55.6 Å². The van der Waals surface area contributed by atoms with Crippen LogP contribution in [0.1, 0.15) is 10.4 Å². The first-order chi connectivity index (χ1) is 15.9. The molecule has 0 unspecified atom stereocenters. The summed E-state index contributed by atoms with van der Waals surface area (Å²) in [6.07, 6.45) is 0. The Labute approximate surface area is 189 Å². The molecule has 0 saturated carbocycles. The minimum absolute atomic E-state index is 0.130. The van der Waals surface area contributed by atoms with Crippen molar-refractivity contribution in [3.63, 3.8) is 0 Å². The zero-order valence-electron chi connectivity index (χ0n) is 17.9. The number of para-hydroxylation sites is 1. The number of anilines is 2. The molecule has 3 aromatic rings. The molecule has 0 aromatic heterocycles. The molecule has 170 valence electrons. The molecular formula is C23H21N3O7. The summed E-state index contributed by atoms with van der Waals surface area (Å²) in [5.41, 5.74) is 0.721. The Morgan fingerprint density at radius 2 is 1.64 bits per heavy atom. The fourth-order valence-corrected chi connectivity index (χ4v) is 2.89. The monoisotopic (exact) mass is 451 g/mol. The van der Waals surface area contributed by atoms with E-state index in [-0.39, 0.29) is 28.4 Å². The van der Waals surface area contributed by atoms with Crippen LogP contribution in [-0.2, 0) is 4.79 Å². The molecule has 0 fully saturated rings. The quantitative estimate of drug-likeness (QED) is 0.373. The maximum absolute atomic E-state index is 12.7. The molecule has 3 rings (SSSR count). The van der Waals surface area contributed by atoms with Gasteiger partial charge in [0.05, 0.1) is 30.4 Å². The van der Waals surface area contributed by atoms with Crippen LogP contribution in [-0.4, -0.2) is 37.6 Å². The van der Waals surface area contributed by atoms with Gasteiger partial charge in [0.15, 0.2) is 6.61 Å². The molecule has 0 heterocycles. The number of methoxy groups -OCH3 is 2. The van der Waals surface area contributed by atoms with Gasteiger partial charge >= 0.3 is 0 Å². The summed E-state index contributed by atoms with van der Waals surface area (Å²) in [7, 11) is 2.93. The van der Waals surface area contributed by atoms with E-state index in [1.165, 1.54) is 25.3 Å². The number of amides is 2.